The van der Waals surface area contributed by atoms with Gasteiger partial charge in [0, 0.05) is 25.2 Å². The number of fused-ring (bicyclic) bond motifs is 2. The van der Waals surface area contributed by atoms with E-state index in [1.165, 1.54) is 19.2 Å². The smallest absolute Gasteiger partial charge is 0.491 e. The molecule has 2 heterocycles. The number of esters is 1. The van der Waals surface area contributed by atoms with E-state index in [0.717, 1.165) is 11.1 Å². The van der Waals surface area contributed by atoms with E-state index in [2.05, 4.69) is 14.8 Å². The first-order valence-corrected chi connectivity index (χ1v) is 13.5. The predicted molar refractivity (Wildman–Crippen MR) is 144 cm³/mol. The van der Waals surface area contributed by atoms with Crippen LogP contribution in [0.2, 0.25) is 0 Å². The zero-order valence-electron chi connectivity index (χ0n) is 23.0. The summed E-state index contributed by atoms with van der Waals surface area (Å²) in [5.74, 6) is 0.247. The summed E-state index contributed by atoms with van der Waals surface area (Å²) in [5, 5.41) is 3.19. The van der Waals surface area contributed by atoms with Crippen LogP contribution in [-0.2, 0) is 19.7 Å². The van der Waals surface area contributed by atoms with Gasteiger partial charge in [0.15, 0.2) is 11.5 Å². The lowest BCUT2D eigenvalue weighted by Crippen LogP contribution is -2.39. The molecule has 11 heteroatoms. The minimum absolute atomic E-state index is 0.0705. The van der Waals surface area contributed by atoms with Crippen molar-refractivity contribution in [2.75, 3.05) is 27.4 Å². The van der Waals surface area contributed by atoms with Gasteiger partial charge in [-0.25, -0.2) is 4.79 Å². The average molecular weight is 582 g/mol. The second-order valence-corrected chi connectivity index (χ2v) is 10.4. The molecule has 2 aliphatic heterocycles. The van der Waals surface area contributed by atoms with Crippen molar-refractivity contribution >= 4 is 11.9 Å². The number of ether oxygens (including phenoxy) is 6. The molecular weight excluding hydrogens is 552 g/mol. The van der Waals surface area contributed by atoms with Crippen LogP contribution in [0, 0.1) is 0 Å². The minimum Gasteiger partial charge on any atom is -0.491 e. The van der Waals surface area contributed by atoms with Gasteiger partial charge in [-0.1, -0.05) is 18.2 Å². The Morgan fingerprint density at radius 2 is 1.76 bits per heavy atom. The Labute approximate surface area is 240 Å². The largest absolute Gasteiger partial charge is 0.586 e. The van der Waals surface area contributed by atoms with Crippen LogP contribution in [0.15, 0.2) is 60.7 Å². The van der Waals surface area contributed by atoms with Crippen LogP contribution in [0.4, 0.5) is 8.78 Å². The van der Waals surface area contributed by atoms with Gasteiger partial charge in [0.05, 0.1) is 30.7 Å². The fourth-order valence-corrected chi connectivity index (χ4v) is 5.42. The van der Waals surface area contributed by atoms with Crippen molar-refractivity contribution in [3.63, 3.8) is 0 Å². The molecular formula is C31H29F2NO8. The van der Waals surface area contributed by atoms with Crippen LogP contribution < -0.4 is 24.3 Å². The van der Waals surface area contributed by atoms with Crippen LogP contribution >= 0.6 is 0 Å². The number of benzene rings is 3. The van der Waals surface area contributed by atoms with E-state index >= 15 is 0 Å². The number of nitrogens with one attached hydrogen (secondary N) is 1. The van der Waals surface area contributed by atoms with Gasteiger partial charge in [0.25, 0.3) is 0 Å². The van der Waals surface area contributed by atoms with Crippen molar-refractivity contribution in [3.05, 3.63) is 82.9 Å². The van der Waals surface area contributed by atoms with Crippen molar-refractivity contribution in [1.82, 2.24) is 5.32 Å². The van der Waals surface area contributed by atoms with Gasteiger partial charge in [0.1, 0.15) is 24.2 Å². The van der Waals surface area contributed by atoms with Crippen molar-refractivity contribution in [2.45, 2.75) is 43.1 Å². The molecule has 6 rings (SSSR count). The lowest BCUT2D eigenvalue weighted by Gasteiger charge is -2.34. The van der Waals surface area contributed by atoms with E-state index < -0.39 is 29.8 Å². The van der Waals surface area contributed by atoms with E-state index in [1.54, 1.807) is 43.5 Å². The van der Waals surface area contributed by atoms with Crippen LogP contribution in [0.1, 0.15) is 58.5 Å². The van der Waals surface area contributed by atoms with Crippen LogP contribution in [0.25, 0.3) is 0 Å². The Balaban J connectivity index is 1.28. The number of alkyl halides is 2. The van der Waals surface area contributed by atoms with Gasteiger partial charge in [-0.2, -0.15) is 0 Å². The summed E-state index contributed by atoms with van der Waals surface area (Å²) >= 11 is 0. The molecule has 3 aromatic rings. The molecule has 3 aliphatic rings. The maximum absolute atomic E-state index is 13.8. The van der Waals surface area contributed by atoms with Gasteiger partial charge in [0.2, 0.25) is 5.91 Å². The number of hydrogen-bond acceptors (Lipinski definition) is 8. The summed E-state index contributed by atoms with van der Waals surface area (Å²) in [6.45, 7) is 0.767. The zero-order chi connectivity index (χ0) is 29.5. The first-order valence-electron chi connectivity index (χ1n) is 13.5. The molecule has 1 saturated carbocycles. The fourth-order valence-electron chi connectivity index (χ4n) is 5.42. The van der Waals surface area contributed by atoms with E-state index in [9.17, 15) is 18.4 Å². The summed E-state index contributed by atoms with van der Waals surface area (Å²) in [6, 6.07) is 16.4. The summed E-state index contributed by atoms with van der Waals surface area (Å²) in [6.07, 6.45) is -2.73. The quantitative estimate of drug-likeness (QED) is 0.271. The van der Waals surface area contributed by atoms with Crippen molar-refractivity contribution in [3.8, 4) is 23.0 Å². The molecule has 0 aromatic heterocycles. The van der Waals surface area contributed by atoms with E-state index in [-0.39, 0.29) is 17.4 Å². The molecule has 0 radical (unpaired) electrons. The molecule has 1 aliphatic carbocycles. The van der Waals surface area contributed by atoms with Crippen LogP contribution in [-0.4, -0.2) is 45.6 Å². The van der Waals surface area contributed by atoms with Gasteiger partial charge in [-0.05, 0) is 60.4 Å². The number of halogens is 2. The van der Waals surface area contributed by atoms with Gasteiger partial charge in [-0.15, -0.1) is 8.78 Å². The molecule has 3 aromatic carbocycles. The van der Waals surface area contributed by atoms with Gasteiger partial charge in [-0.3, -0.25) is 4.79 Å². The molecule has 42 heavy (non-hydrogen) atoms. The zero-order valence-corrected chi connectivity index (χ0v) is 23.0. The van der Waals surface area contributed by atoms with Gasteiger partial charge < -0.3 is 33.7 Å². The molecule has 0 bridgehead atoms. The van der Waals surface area contributed by atoms with Crippen molar-refractivity contribution < 1.29 is 46.8 Å². The molecule has 9 nitrogen and oxygen atoms in total. The normalized spacial score (nSPS) is 20.6. The highest BCUT2D eigenvalue weighted by Crippen LogP contribution is 2.53. The number of methoxy groups -OCH3 is 2. The third-order valence-electron chi connectivity index (χ3n) is 7.76. The minimum atomic E-state index is -3.74. The maximum Gasteiger partial charge on any atom is 0.586 e. The highest BCUT2D eigenvalue weighted by atomic mass is 19.3. The summed E-state index contributed by atoms with van der Waals surface area (Å²) in [4.78, 5) is 26.0. The Morgan fingerprint density at radius 1 is 0.952 bits per heavy atom. The standard InChI is InChI=1S/C31H29F2NO8/c1-37-12-13-39-21-7-8-22-23(17-25(40-26(22)16-21)18-4-3-5-19(14-18)28(35)38-2)34-29(36)30(10-11-30)20-6-9-24-27(15-20)42-31(32,33)41-24/h3-9,14-16,23,25H,10-13,17H2,1-2H3,(H,34,36)/t23-,25-/m1/s1. The molecule has 0 saturated heterocycles. The summed E-state index contributed by atoms with van der Waals surface area (Å²) < 4.78 is 58.4. The van der Waals surface area contributed by atoms with E-state index in [4.69, 9.17) is 18.9 Å². The Hall–Kier alpha value is -4.38. The topological polar surface area (TPSA) is 102 Å². The second-order valence-electron chi connectivity index (χ2n) is 10.4. The third kappa shape index (κ3) is 5.32. The summed E-state index contributed by atoms with van der Waals surface area (Å²) in [5.41, 5.74) is 1.59. The van der Waals surface area contributed by atoms with Gasteiger partial charge >= 0.3 is 12.3 Å². The second kappa shape index (κ2) is 10.8. The van der Waals surface area contributed by atoms with E-state index in [0.29, 0.717) is 55.1 Å². The molecule has 0 spiro atoms. The average Bonchev–Trinajstić information content (AvgIpc) is 3.73. The molecule has 0 unspecified atom stereocenters. The summed E-state index contributed by atoms with van der Waals surface area (Å²) in [7, 11) is 2.91. The molecule has 1 fully saturated rings. The van der Waals surface area contributed by atoms with Crippen LogP contribution in [0.5, 0.6) is 23.0 Å². The monoisotopic (exact) mass is 581 g/mol. The number of hydrogen-bond donors (Lipinski definition) is 1. The van der Waals surface area contributed by atoms with Crippen LogP contribution in [0.3, 0.4) is 0 Å². The third-order valence-corrected chi connectivity index (χ3v) is 7.76. The number of amides is 1. The van der Waals surface area contributed by atoms with E-state index in [1.807, 2.05) is 12.1 Å². The maximum atomic E-state index is 13.8. The number of rotatable bonds is 9. The lowest BCUT2D eigenvalue weighted by molar-refractivity contribution is -0.286. The van der Waals surface area contributed by atoms with Crippen molar-refractivity contribution in [1.29, 1.82) is 0 Å². The fraction of sp³-hybridized carbons (Fsp3) is 0.355. The molecule has 220 valence electrons. The SMILES string of the molecule is COCCOc1ccc2c(c1)O[C@@H](c1cccc(C(=O)OC)c1)C[C@H]2NC(=O)C1(c2ccc3c(c2)OC(F)(F)O3)CC1. The Bertz CT molecular complexity index is 1520. The molecule has 1 N–H and O–H groups in total. The number of carbonyl (C=O) groups excluding carboxylic acids is 2. The Kier molecular flexibility index (Phi) is 7.14. The molecule has 1 amide bonds. The molecule has 2 atom stereocenters. The first kappa shape index (κ1) is 27.8. The number of carbonyl (C=O) groups is 2. The highest BCUT2D eigenvalue weighted by Gasteiger charge is 2.53. The van der Waals surface area contributed by atoms with Crippen molar-refractivity contribution in [2.24, 2.45) is 0 Å². The highest BCUT2D eigenvalue weighted by molar-refractivity contribution is 5.92. The first-order chi connectivity index (χ1) is 20.2. The predicted octanol–water partition coefficient (Wildman–Crippen LogP) is 5.23. The Morgan fingerprint density at radius 3 is 2.52 bits per heavy atom. The lowest BCUT2D eigenvalue weighted by atomic mass is 9.90.